The van der Waals surface area contributed by atoms with Gasteiger partial charge < -0.3 is 19.7 Å². The number of carbonyl (C=O) groups is 1. The van der Waals surface area contributed by atoms with Crippen LogP contribution < -0.4 is 4.74 Å². The lowest BCUT2D eigenvalue weighted by Gasteiger charge is -2.21. The van der Waals surface area contributed by atoms with Gasteiger partial charge in [-0.25, -0.2) is 4.79 Å². The number of hydrogen-bond acceptors (Lipinski definition) is 4. The zero-order chi connectivity index (χ0) is 13.7. The topological polar surface area (TPSA) is 76.0 Å². The Morgan fingerprint density at radius 2 is 1.78 bits per heavy atom. The second-order valence-corrected chi connectivity index (χ2v) is 4.07. The molecule has 1 aromatic carbocycles. The van der Waals surface area contributed by atoms with E-state index in [9.17, 15) is 9.90 Å². The Morgan fingerprint density at radius 1 is 1.22 bits per heavy atom. The van der Waals surface area contributed by atoms with Crippen LogP contribution in [0.15, 0.2) is 24.3 Å². The van der Waals surface area contributed by atoms with Crippen molar-refractivity contribution in [3.8, 4) is 5.75 Å². The van der Waals surface area contributed by atoms with Crippen molar-refractivity contribution in [2.24, 2.45) is 0 Å². The summed E-state index contributed by atoms with van der Waals surface area (Å²) >= 11 is 0. The maximum Gasteiger partial charge on any atom is 0.337 e. The van der Waals surface area contributed by atoms with Crippen LogP contribution in [0.3, 0.4) is 0 Å². The van der Waals surface area contributed by atoms with Gasteiger partial charge >= 0.3 is 5.97 Å². The van der Waals surface area contributed by atoms with Crippen molar-refractivity contribution in [1.82, 2.24) is 0 Å². The summed E-state index contributed by atoms with van der Waals surface area (Å²) < 4.78 is 10.3. The van der Waals surface area contributed by atoms with Crippen LogP contribution in [0.25, 0.3) is 0 Å². The third-order valence-electron chi connectivity index (χ3n) is 2.67. The molecule has 2 N–H and O–H groups in total. The molecule has 0 radical (unpaired) electrons. The van der Waals surface area contributed by atoms with Gasteiger partial charge in [-0.05, 0) is 31.5 Å². The molecule has 1 rings (SSSR count). The van der Waals surface area contributed by atoms with Crippen molar-refractivity contribution >= 4 is 5.97 Å². The molecule has 3 unspecified atom stereocenters. The summed E-state index contributed by atoms with van der Waals surface area (Å²) in [5.41, 5.74) is 0.510. The molecular formula is C13H18O5. The molecule has 0 fully saturated rings. The number of aliphatic hydroxyl groups is 1. The third-order valence-corrected chi connectivity index (χ3v) is 2.67. The fraction of sp³-hybridized carbons (Fsp3) is 0.462. The number of hydrogen-bond donors (Lipinski definition) is 2. The van der Waals surface area contributed by atoms with E-state index in [4.69, 9.17) is 14.6 Å². The van der Waals surface area contributed by atoms with E-state index in [2.05, 4.69) is 0 Å². The molecule has 1 aromatic rings. The molecule has 0 aliphatic heterocycles. The summed E-state index contributed by atoms with van der Waals surface area (Å²) in [5, 5.41) is 18.5. The molecule has 5 heteroatoms. The van der Waals surface area contributed by atoms with Gasteiger partial charge in [-0.3, -0.25) is 0 Å². The molecule has 0 amide bonds. The summed E-state index contributed by atoms with van der Waals surface area (Å²) in [4.78, 5) is 11.2. The maximum atomic E-state index is 11.2. The van der Waals surface area contributed by atoms with Crippen LogP contribution in [0, 0.1) is 0 Å². The van der Waals surface area contributed by atoms with Gasteiger partial charge in [-0.2, -0.15) is 0 Å². The average Bonchev–Trinajstić information content (AvgIpc) is 2.35. The summed E-state index contributed by atoms with van der Waals surface area (Å²) in [6, 6.07) is 6.60. The van der Waals surface area contributed by atoms with E-state index >= 15 is 0 Å². The molecule has 5 nitrogen and oxygen atoms in total. The van der Waals surface area contributed by atoms with E-state index in [1.54, 1.807) is 38.1 Å². The average molecular weight is 254 g/mol. The van der Waals surface area contributed by atoms with Crippen LogP contribution in [0.1, 0.15) is 25.5 Å². The minimum Gasteiger partial charge on any atom is -0.497 e. The Bertz CT molecular complexity index is 385. The largest absolute Gasteiger partial charge is 0.497 e. The smallest absolute Gasteiger partial charge is 0.337 e. The Balaban J connectivity index is 2.87. The first kappa shape index (κ1) is 14.5. The van der Waals surface area contributed by atoms with Gasteiger partial charge in [0.2, 0.25) is 0 Å². The molecule has 0 saturated heterocycles. The summed E-state index contributed by atoms with van der Waals surface area (Å²) in [6.45, 7) is 3.18. The molecule has 0 heterocycles. The Hall–Kier alpha value is -1.59. The second kappa shape index (κ2) is 6.37. The third kappa shape index (κ3) is 3.72. The highest BCUT2D eigenvalue weighted by Crippen LogP contribution is 2.23. The number of ether oxygens (including phenoxy) is 2. The highest BCUT2D eigenvalue weighted by Gasteiger charge is 2.24. The van der Waals surface area contributed by atoms with Crippen LogP contribution in [0.2, 0.25) is 0 Å². The van der Waals surface area contributed by atoms with Gasteiger partial charge in [-0.1, -0.05) is 12.1 Å². The Labute approximate surface area is 106 Å². The standard InChI is InChI=1S/C13H18O5/c1-8(14)9(2)18-12(13(15)16)10-4-6-11(17-3)7-5-10/h4-9,12,14H,1-3H3,(H,15,16). The normalized spacial score (nSPS) is 15.8. The van der Waals surface area contributed by atoms with Crippen molar-refractivity contribution in [3.63, 3.8) is 0 Å². The molecule has 0 aromatic heterocycles. The van der Waals surface area contributed by atoms with Crippen molar-refractivity contribution in [2.45, 2.75) is 32.2 Å². The molecule has 0 bridgehead atoms. The minimum absolute atomic E-state index is 0.510. The lowest BCUT2D eigenvalue weighted by atomic mass is 10.1. The van der Waals surface area contributed by atoms with Crippen LogP contribution in [0.5, 0.6) is 5.75 Å². The van der Waals surface area contributed by atoms with E-state index in [0.29, 0.717) is 11.3 Å². The minimum atomic E-state index is -1.10. The highest BCUT2D eigenvalue weighted by atomic mass is 16.5. The fourth-order valence-electron chi connectivity index (χ4n) is 1.39. The van der Waals surface area contributed by atoms with Crippen LogP contribution in [-0.4, -0.2) is 35.5 Å². The molecular weight excluding hydrogens is 236 g/mol. The van der Waals surface area contributed by atoms with Crippen molar-refractivity contribution < 1.29 is 24.5 Å². The number of carboxylic acid groups (broad SMARTS) is 1. The zero-order valence-corrected chi connectivity index (χ0v) is 10.7. The lowest BCUT2D eigenvalue weighted by molar-refractivity contribution is -0.158. The molecule has 0 saturated carbocycles. The highest BCUT2D eigenvalue weighted by molar-refractivity contribution is 5.74. The quantitative estimate of drug-likeness (QED) is 0.806. The van der Waals surface area contributed by atoms with Crippen LogP contribution in [0.4, 0.5) is 0 Å². The molecule has 0 spiro atoms. The van der Waals surface area contributed by atoms with E-state index in [1.807, 2.05) is 0 Å². The molecule has 0 aliphatic rings. The predicted molar refractivity (Wildman–Crippen MR) is 65.6 cm³/mol. The molecule has 0 aliphatic carbocycles. The summed E-state index contributed by atoms with van der Waals surface area (Å²) in [7, 11) is 1.54. The SMILES string of the molecule is COc1ccc(C(OC(C)C(C)O)C(=O)O)cc1. The maximum absolute atomic E-state index is 11.2. The predicted octanol–water partition coefficient (Wildman–Crippen LogP) is 1.61. The molecule has 3 atom stereocenters. The fourth-order valence-corrected chi connectivity index (χ4v) is 1.39. The van der Waals surface area contributed by atoms with Crippen LogP contribution >= 0.6 is 0 Å². The summed E-state index contributed by atoms with van der Waals surface area (Å²) in [6.07, 6.45) is -2.39. The van der Waals surface area contributed by atoms with E-state index in [-0.39, 0.29) is 0 Å². The molecule has 18 heavy (non-hydrogen) atoms. The lowest BCUT2D eigenvalue weighted by Crippen LogP contribution is -2.28. The van der Waals surface area contributed by atoms with Crippen LogP contribution in [-0.2, 0) is 9.53 Å². The first-order chi connectivity index (χ1) is 8.45. The monoisotopic (exact) mass is 254 g/mol. The van der Waals surface area contributed by atoms with E-state index in [1.165, 1.54) is 7.11 Å². The van der Waals surface area contributed by atoms with Gasteiger partial charge in [0.25, 0.3) is 0 Å². The zero-order valence-electron chi connectivity index (χ0n) is 10.7. The Morgan fingerprint density at radius 3 is 2.17 bits per heavy atom. The Kier molecular flexibility index (Phi) is 5.12. The van der Waals surface area contributed by atoms with Crippen molar-refractivity contribution in [3.05, 3.63) is 29.8 Å². The number of aliphatic carboxylic acids is 1. The first-order valence-electron chi connectivity index (χ1n) is 5.66. The van der Waals surface area contributed by atoms with E-state index in [0.717, 1.165) is 0 Å². The van der Waals surface area contributed by atoms with E-state index < -0.39 is 24.3 Å². The summed E-state index contributed by atoms with van der Waals surface area (Å²) in [5.74, 6) is -0.445. The van der Waals surface area contributed by atoms with Gasteiger partial charge in [0.15, 0.2) is 6.10 Å². The number of aliphatic hydroxyl groups excluding tert-OH is 1. The number of methoxy groups -OCH3 is 1. The van der Waals surface area contributed by atoms with Gasteiger partial charge in [0.1, 0.15) is 5.75 Å². The first-order valence-corrected chi connectivity index (χ1v) is 5.66. The van der Waals surface area contributed by atoms with Gasteiger partial charge in [-0.15, -0.1) is 0 Å². The van der Waals surface area contributed by atoms with Gasteiger partial charge in [0, 0.05) is 0 Å². The van der Waals surface area contributed by atoms with Crippen molar-refractivity contribution in [1.29, 1.82) is 0 Å². The van der Waals surface area contributed by atoms with Crippen molar-refractivity contribution in [2.75, 3.05) is 7.11 Å². The van der Waals surface area contributed by atoms with Gasteiger partial charge in [0.05, 0.1) is 19.3 Å². The number of carboxylic acids is 1. The molecule has 100 valence electrons. The second-order valence-electron chi connectivity index (χ2n) is 4.07. The number of rotatable bonds is 6. The number of benzene rings is 1.